The molecule has 150 valence electrons. The maximum absolute atomic E-state index is 12.5. The first-order chi connectivity index (χ1) is 13.6. The van der Waals surface area contributed by atoms with Gasteiger partial charge in [0.15, 0.2) is 6.10 Å². The Morgan fingerprint density at radius 1 is 1.07 bits per heavy atom. The third-order valence-electron chi connectivity index (χ3n) is 4.96. The first kappa shape index (κ1) is 20.4. The molecule has 0 radical (unpaired) electrons. The minimum Gasteiger partial charge on any atom is -0.481 e. The molecular weight excluding hydrogens is 352 g/mol. The third-order valence-corrected chi connectivity index (χ3v) is 4.96. The highest BCUT2D eigenvalue weighted by atomic mass is 16.5. The average Bonchev–Trinajstić information content (AvgIpc) is 2.73. The number of aryl methyl sites for hydroxylation is 1. The average molecular weight is 383 g/mol. The summed E-state index contributed by atoms with van der Waals surface area (Å²) in [6.07, 6.45) is 0.140. The number of ether oxygens (including phenoxy) is 2. The van der Waals surface area contributed by atoms with Crippen LogP contribution < -0.4 is 10.1 Å². The molecule has 1 amide bonds. The summed E-state index contributed by atoms with van der Waals surface area (Å²) in [6, 6.07) is 16.2. The number of amides is 1. The Labute approximate surface area is 167 Å². The van der Waals surface area contributed by atoms with E-state index in [9.17, 15) is 4.79 Å². The minimum absolute atomic E-state index is 0.0829. The van der Waals surface area contributed by atoms with Crippen LogP contribution in [0.1, 0.15) is 30.0 Å². The van der Waals surface area contributed by atoms with Crippen molar-refractivity contribution in [3.63, 3.8) is 0 Å². The second-order valence-corrected chi connectivity index (χ2v) is 7.25. The Morgan fingerprint density at radius 2 is 1.71 bits per heavy atom. The van der Waals surface area contributed by atoms with Gasteiger partial charge in [0.05, 0.1) is 13.2 Å². The molecule has 28 heavy (non-hydrogen) atoms. The molecule has 2 aromatic carbocycles. The molecule has 0 aromatic heterocycles. The molecule has 0 unspecified atom stereocenters. The fourth-order valence-electron chi connectivity index (χ4n) is 3.19. The van der Waals surface area contributed by atoms with E-state index in [-0.39, 0.29) is 5.91 Å². The Hall–Kier alpha value is -2.37. The van der Waals surface area contributed by atoms with Gasteiger partial charge in [0.2, 0.25) is 0 Å². The summed E-state index contributed by atoms with van der Waals surface area (Å²) < 4.78 is 11.2. The summed E-state index contributed by atoms with van der Waals surface area (Å²) in [7, 11) is 0. The number of nitrogens with zero attached hydrogens (tertiary/aromatic N) is 1. The number of carbonyl (C=O) groups excluding carboxylic acids is 1. The molecular formula is C23H30N2O3. The van der Waals surface area contributed by atoms with Gasteiger partial charge in [0, 0.05) is 26.2 Å². The maximum Gasteiger partial charge on any atom is 0.261 e. The van der Waals surface area contributed by atoms with E-state index in [1.165, 1.54) is 11.1 Å². The third kappa shape index (κ3) is 6.08. The highest BCUT2D eigenvalue weighted by Crippen LogP contribution is 2.15. The van der Waals surface area contributed by atoms with Gasteiger partial charge in [-0.25, -0.2) is 0 Å². The van der Waals surface area contributed by atoms with Gasteiger partial charge < -0.3 is 14.8 Å². The molecule has 3 rings (SSSR count). The summed E-state index contributed by atoms with van der Waals surface area (Å²) in [4.78, 5) is 14.9. The summed E-state index contributed by atoms with van der Waals surface area (Å²) in [5.41, 5.74) is 3.54. The number of carbonyl (C=O) groups is 1. The first-order valence-electron chi connectivity index (χ1n) is 10.0. The van der Waals surface area contributed by atoms with Gasteiger partial charge in [-0.2, -0.15) is 0 Å². The molecule has 0 aliphatic carbocycles. The van der Waals surface area contributed by atoms with Crippen molar-refractivity contribution in [1.29, 1.82) is 0 Å². The predicted molar refractivity (Wildman–Crippen MR) is 110 cm³/mol. The lowest BCUT2D eigenvalue weighted by atomic mass is 10.1. The van der Waals surface area contributed by atoms with Crippen molar-refractivity contribution in [2.45, 2.75) is 39.5 Å². The zero-order chi connectivity index (χ0) is 19.8. The van der Waals surface area contributed by atoms with Gasteiger partial charge in [-0.1, -0.05) is 48.9 Å². The molecule has 1 heterocycles. The molecule has 0 saturated carbocycles. The van der Waals surface area contributed by atoms with Gasteiger partial charge >= 0.3 is 0 Å². The van der Waals surface area contributed by atoms with Crippen LogP contribution in [0.5, 0.6) is 5.75 Å². The molecule has 5 nitrogen and oxygen atoms in total. The summed E-state index contributed by atoms with van der Waals surface area (Å²) in [6.45, 7) is 9.02. The van der Waals surface area contributed by atoms with Crippen LogP contribution in [0.25, 0.3) is 0 Å². The van der Waals surface area contributed by atoms with Crippen molar-refractivity contribution in [3.8, 4) is 5.75 Å². The summed E-state index contributed by atoms with van der Waals surface area (Å²) in [5.74, 6) is 0.639. The molecule has 0 spiro atoms. The Kier molecular flexibility index (Phi) is 7.46. The van der Waals surface area contributed by atoms with Gasteiger partial charge in [0.25, 0.3) is 5.91 Å². The molecule has 1 atom stereocenters. The Bertz CT molecular complexity index is 737. The van der Waals surface area contributed by atoms with E-state index in [0.717, 1.165) is 44.2 Å². The lowest BCUT2D eigenvalue weighted by molar-refractivity contribution is -0.128. The quantitative estimate of drug-likeness (QED) is 0.761. The lowest BCUT2D eigenvalue weighted by Gasteiger charge is -2.26. The van der Waals surface area contributed by atoms with E-state index in [2.05, 4.69) is 34.5 Å². The van der Waals surface area contributed by atoms with Crippen molar-refractivity contribution in [2.24, 2.45) is 0 Å². The molecule has 1 N–H and O–H groups in total. The monoisotopic (exact) mass is 382 g/mol. The number of benzene rings is 2. The standard InChI is InChI=1S/C23H30N2O3/c1-3-22(28-21-10-4-18(2)5-11-21)23(26)24-16-19-6-8-20(9-7-19)17-25-12-14-27-15-13-25/h4-11,22H,3,12-17H2,1-2H3,(H,24,26)/t22-/m0/s1. The van der Waals surface area contributed by atoms with Crippen LogP contribution in [-0.2, 0) is 22.6 Å². The zero-order valence-corrected chi connectivity index (χ0v) is 16.8. The van der Waals surface area contributed by atoms with E-state index in [4.69, 9.17) is 9.47 Å². The fourth-order valence-corrected chi connectivity index (χ4v) is 3.19. The number of hydrogen-bond donors (Lipinski definition) is 1. The highest BCUT2D eigenvalue weighted by Gasteiger charge is 2.18. The Morgan fingerprint density at radius 3 is 2.36 bits per heavy atom. The van der Waals surface area contributed by atoms with Crippen LogP contribution in [0.4, 0.5) is 0 Å². The van der Waals surface area contributed by atoms with Crippen molar-refractivity contribution >= 4 is 5.91 Å². The number of hydrogen-bond acceptors (Lipinski definition) is 4. The van der Waals surface area contributed by atoms with E-state index >= 15 is 0 Å². The fraction of sp³-hybridized carbons (Fsp3) is 0.435. The van der Waals surface area contributed by atoms with E-state index in [1.807, 2.05) is 38.1 Å². The van der Waals surface area contributed by atoms with Crippen LogP contribution in [0, 0.1) is 6.92 Å². The second-order valence-electron chi connectivity index (χ2n) is 7.25. The van der Waals surface area contributed by atoms with Crippen molar-refractivity contribution < 1.29 is 14.3 Å². The van der Waals surface area contributed by atoms with Crippen LogP contribution >= 0.6 is 0 Å². The highest BCUT2D eigenvalue weighted by molar-refractivity contribution is 5.81. The number of morpholine rings is 1. The van der Waals surface area contributed by atoms with Crippen LogP contribution in [0.3, 0.4) is 0 Å². The molecule has 5 heteroatoms. The topological polar surface area (TPSA) is 50.8 Å². The van der Waals surface area contributed by atoms with Crippen molar-refractivity contribution in [2.75, 3.05) is 26.3 Å². The lowest BCUT2D eigenvalue weighted by Crippen LogP contribution is -2.37. The zero-order valence-electron chi connectivity index (χ0n) is 16.8. The van der Waals surface area contributed by atoms with Gasteiger partial charge in [-0.3, -0.25) is 9.69 Å². The molecule has 0 bridgehead atoms. The molecule has 1 saturated heterocycles. The van der Waals surface area contributed by atoms with E-state index in [0.29, 0.717) is 13.0 Å². The first-order valence-corrected chi connectivity index (χ1v) is 10.0. The minimum atomic E-state index is -0.483. The van der Waals surface area contributed by atoms with Gasteiger partial charge in [-0.15, -0.1) is 0 Å². The molecule has 2 aromatic rings. The molecule has 1 aliphatic heterocycles. The molecule has 1 aliphatic rings. The number of nitrogens with one attached hydrogen (secondary N) is 1. The van der Waals surface area contributed by atoms with Crippen LogP contribution in [0.2, 0.25) is 0 Å². The summed E-state index contributed by atoms with van der Waals surface area (Å²) in [5, 5.41) is 2.99. The van der Waals surface area contributed by atoms with Gasteiger partial charge in [-0.05, 0) is 36.6 Å². The second kappa shape index (κ2) is 10.2. The maximum atomic E-state index is 12.5. The Balaban J connectivity index is 1.47. The smallest absolute Gasteiger partial charge is 0.261 e. The largest absolute Gasteiger partial charge is 0.481 e. The normalized spacial score (nSPS) is 15.8. The van der Waals surface area contributed by atoms with E-state index in [1.54, 1.807) is 0 Å². The van der Waals surface area contributed by atoms with Crippen molar-refractivity contribution in [1.82, 2.24) is 10.2 Å². The molecule has 1 fully saturated rings. The van der Waals surface area contributed by atoms with Gasteiger partial charge in [0.1, 0.15) is 5.75 Å². The van der Waals surface area contributed by atoms with Crippen LogP contribution in [0.15, 0.2) is 48.5 Å². The van der Waals surface area contributed by atoms with Crippen molar-refractivity contribution in [3.05, 3.63) is 65.2 Å². The number of rotatable bonds is 8. The van der Waals surface area contributed by atoms with E-state index < -0.39 is 6.10 Å². The predicted octanol–water partition coefficient (Wildman–Crippen LogP) is 3.30. The van der Waals surface area contributed by atoms with Crippen LogP contribution in [-0.4, -0.2) is 43.2 Å². The summed E-state index contributed by atoms with van der Waals surface area (Å²) >= 11 is 0. The SMILES string of the molecule is CC[C@H](Oc1ccc(C)cc1)C(=O)NCc1ccc(CN2CCOCC2)cc1.